The lowest BCUT2D eigenvalue weighted by Crippen LogP contribution is -2.41. The molecule has 0 bridgehead atoms. The molecule has 2 heterocycles. The summed E-state index contributed by atoms with van der Waals surface area (Å²) in [5.74, 6) is -0.211. The van der Waals surface area contributed by atoms with Crippen LogP contribution < -0.4 is 15.4 Å². The number of carbonyl (C=O) groups is 2. The summed E-state index contributed by atoms with van der Waals surface area (Å²) in [7, 11) is -3.74. The van der Waals surface area contributed by atoms with Crippen LogP contribution in [0, 0.1) is 0 Å². The smallest absolute Gasteiger partial charge is 0.262 e. The van der Waals surface area contributed by atoms with Gasteiger partial charge in [-0.1, -0.05) is 13.0 Å². The van der Waals surface area contributed by atoms with Gasteiger partial charge in [0.25, 0.3) is 11.8 Å². The van der Waals surface area contributed by atoms with Crippen molar-refractivity contribution in [3.05, 3.63) is 47.5 Å². The number of rotatable bonds is 5. The Morgan fingerprint density at radius 1 is 1.16 bits per heavy atom. The zero-order chi connectivity index (χ0) is 22.0. The summed E-state index contributed by atoms with van der Waals surface area (Å²) < 4.78 is 38.3. The van der Waals surface area contributed by atoms with Crippen LogP contribution in [0.25, 0.3) is 0 Å². The fraction of sp³-hybridized carbons (Fsp3) is 0.333. The molecule has 164 valence electrons. The zero-order valence-corrected chi connectivity index (χ0v) is 17.8. The average Bonchev–Trinajstić information content (AvgIpc) is 2.79. The zero-order valence-electron chi connectivity index (χ0n) is 17.0. The van der Waals surface area contributed by atoms with Crippen LogP contribution in [0.5, 0.6) is 5.75 Å². The fourth-order valence-electron chi connectivity index (χ4n) is 3.52. The molecule has 2 aliphatic rings. The number of aryl methyl sites for hydroxylation is 1. The SMILES string of the molecule is CCc1ccc(C(=O)Nc2ccc3c(c2)NC(=O)CO3)cc1S(=O)(=O)N1CCOCC1. The summed E-state index contributed by atoms with van der Waals surface area (Å²) in [5.41, 5.74) is 1.79. The molecule has 2 aromatic carbocycles. The molecule has 0 saturated carbocycles. The van der Waals surface area contributed by atoms with E-state index in [0.717, 1.165) is 0 Å². The van der Waals surface area contributed by atoms with Gasteiger partial charge >= 0.3 is 0 Å². The van der Waals surface area contributed by atoms with Crippen molar-refractivity contribution >= 4 is 33.2 Å². The van der Waals surface area contributed by atoms with Gasteiger partial charge in [0.15, 0.2) is 6.61 Å². The van der Waals surface area contributed by atoms with Gasteiger partial charge in [-0.15, -0.1) is 0 Å². The van der Waals surface area contributed by atoms with Crippen molar-refractivity contribution in [1.82, 2.24) is 4.31 Å². The largest absolute Gasteiger partial charge is 0.482 e. The van der Waals surface area contributed by atoms with Crippen LogP contribution in [0.3, 0.4) is 0 Å². The highest BCUT2D eigenvalue weighted by molar-refractivity contribution is 7.89. The van der Waals surface area contributed by atoms with Crippen molar-refractivity contribution in [2.75, 3.05) is 43.5 Å². The second kappa shape index (κ2) is 8.66. The lowest BCUT2D eigenvalue weighted by Gasteiger charge is -2.27. The topological polar surface area (TPSA) is 114 Å². The number of nitrogens with zero attached hydrogens (tertiary/aromatic N) is 1. The number of morpholine rings is 1. The molecule has 1 saturated heterocycles. The number of hydrogen-bond acceptors (Lipinski definition) is 6. The van der Waals surface area contributed by atoms with E-state index < -0.39 is 15.9 Å². The van der Waals surface area contributed by atoms with Gasteiger partial charge < -0.3 is 20.1 Å². The molecule has 31 heavy (non-hydrogen) atoms. The van der Waals surface area contributed by atoms with E-state index in [1.165, 1.54) is 10.4 Å². The number of carbonyl (C=O) groups excluding carboxylic acids is 2. The van der Waals surface area contributed by atoms with E-state index >= 15 is 0 Å². The highest BCUT2D eigenvalue weighted by atomic mass is 32.2. The molecule has 9 nitrogen and oxygen atoms in total. The summed E-state index contributed by atoms with van der Waals surface area (Å²) in [6.45, 7) is 3.08. The Hall–Kier alpha value is -2.95. The Bertz CT molecular complexity index is 1130. The number of fused-ring (bicyclic) bond motifs is 1. The number of anilines is 2. The highest BCUT2D eigenvalue weighted by Crippen LogP contribution is 2.31. The molecule has 0 atom stereocenters. The molecule has 4 rings (SSSR count). The van der Waals surface area contributed by atoms with Crippen molar-refractivity contribution in [3.8, 4) is 5.75 Å². The van der Waals surface area contributed by atoms with Crippen LogP contribution in [0.15, 0.2) is 41.3 Å². The van der Waals surface area contributed by atoms with Crippen LogP contribution in [0.2, 0.25) is 0 Å². The normalized spacial score (nSPS) is 16.7. The third kappa shape index (κ3) is 4.41. The summed E-state index contributed by atoms with van der Waals surface area (Å²) in [6.07, 6.45) is 0.519. The van der Waals surface area contributed by atoms with E-state index in [4.69, 9.17) is 9.47 Å². The molecular formula is C21H23N3O6S. The maximum Gasteiger partial charge on any atom is 0.262 e. The molecule has 0 aliphatic carbocycles. The van der Waals surface area contributed by atoms with E-state index in [0.29, 0.717) is 42.3 Å². The third-order valence-corrected chi connectivity index (χ3v) is 7.15. The Balaban J connectivity index is 1.60. The summed E-state index contributed by atoms with van der Waals surface area (Å²) >= 11 is 0. The Morgan fingerprint density at radius 2 is 1.94 bits per heavy atom. The number of amides is 2. The van der Waals surface area contributed by atoms with Crippen molar-refractivity contribution < 1.29 is 27.5 Å². The first-order chi connectivity index (χ1) is 14.9. The van der Waals surface area contributed by atoms with Gasteiger partial charge in [-0.3, -0.25) is 9.59 Å². The van der Waals surface area contributed by atoms with Crippen molar-refractivity contribution in [3.63, 3.8) is 0 Å². The molecule has 2 N–H and O–H groups in total. The number of ether oxygens (including phenoxy) is 2. The molecule has 0 unspecified atom stereocenters. The van der Waals surface area contributed by atoms with Crippen LogP contribution in [0.1, 0.15) is 22.8 Å². The minimum absolute atomic E-state index is 0.0527. The second-order valence-electron chi connectivity index (χ2n) is 7.19. The predicted molar refractivity (Wildman–Crippen MR) is 114 cm³/mol. The Labute approximate surface area is 180 Å². The molecule has 0 spiro atoms. The molecule has 2 aromatic rings. The first kappa shape index (κ1) is 21.3. The van der Waals surface area contributed by atoms with Gasteiger partial charge in [-0.05, 0) is 42.3 Å². The van der Waals surface area contributed by atoms with E-state index in [1.807, 2.05) is 6.92 Å². The average molecular weight is 445 g/mol. The number of hydrogen-bond donors (Lipinski definition) is 2. The van der Waals surface area contributed by atoms with Gasteiger partial charge in [0.1, 0.15) is 5.75 Å². The van der Waals surface area contributed by atoms with Crippen LogP contribution in [-0.4, -0.2) is 57.4 Å². The van der Waals surface area contributed by atoms with Gasteiger partial charge in [0.2, 0.25) is 10.0 Å². The lowest BCUT2D eigenvalue weighted by molar-refractivity contribution is -0.118. The molecule has 0 aromatic heterocycles. The highest BCUT2D eigenvalue weighted by Gasteiger charge is 2.29. The number of sulfonamides is 1. The Morgan fingerprint density at radius 3 is 2.68 bits per heavy atom. The Kier molecular flexibility index (Phi) is 5.94. The summed E-state index contributed by atoms with van der Waals surface area (Å²) in [6, 6.07) is 9.59. The van der Waals surface area contributed by atoms with Crippen LogP contribution in [-0.2, 0) is 26.0 Å². The van der Waals surface area contributed by atoms with Gasteiger partial charge in [-0.2, -0.15) is 4.31 Å². The lowest BCUT2D eigenvalue weighted by atomic mass is 10.1. The van der Waals surface area contributed by atoms with Gasteiger partial charge in [0, 0.05) is 24.3 Å². The minimum atomic E-state index is -3.74. The molecule has 2 aliphatic heterocycles. The molecule has 2 amide bonds. The predicted octanol–water partition coefficient (Wildman–Crippen LogP) is 1.85. The van der Waals surface area contributed by atoms with E-state index in [1.54, 1.807) is 30.3 Å². The van der Waals surface area contributed by atoms with Crippen molar-refractivity contribution in [2.24, 2.45) is 0 Å². The number of benzene rings is 2. The van der Waals surface area contributed by atoms with Crippen LogP contribution >= 0.6 is 0 Å². The van der Waals surface area contributed by atoms with E-state index in [-0.39, 0.29) is 36.1 Å². The molecular weight excluding hydrogens is 422 g/mol. The van der Waals surface area contributed by atoms with E-state index in [9.17, 15) is 18.0 Å². The van der Waals surface area contributed by atoms with E-state index in [2.05, 4.69) is 10.6 Å². The molecule has 0 radical (unpaired) electrons. The van der Waals surface area contributed by atoms with Crippen molar-refractivity contribution in [1.29, 1.82) is 0 Å². The van der Waals surface area contributed by atoms with Gasteiger partial charge in [0.05, 0.1) is 23.8 Å². The molecule has 10 heteroatoms. The third-order valence-electron chi connectivity index (χ3n) is 5.17. The molecule has 1 fully saturated rings. The summed E-state index contributed by atoms with van der Waals surface area (Å²) in [4.78, 5) is 24.5. The standard InChI is InChI=1S/C21H23N3O6S/c1-2-14-3-4-15(11-19(14)31(27,28)24-7-9-29-10-8-24)21(26)22-16-5-6-18-17(12-16)23-20(25)13-30-18/h3-6,11-12H,2,7-10,13H2,1H3,(H,22,26)(H,23,25). The first-order valence-corrected chi connectivity index (χ1v) is 11.4. The minimum Gasteiger partial charge on any atom is -0.482 e. The maximum atomic E-state index is 13.2. The number of nitrogens with one attached hydrogen (secondary N) is 2. The quantitative estimate of drug-likeness (QED) is 0.726. The monoisotopic (exact) mass is 445 g/mol. The van der Waals surface area contributed by atoms with Crippen LogP contribution in [0.4, 0.5) is 11.4 Å². The summed E-state index contributed by atoms with van der Waals surface area (Å²) in [5, 5.41) is 5.43. The maximum absolute atomic E-state index is 13.2. The first-order valence-electron chi connectivity index (χ1n) is 9.97. The van der Waals surface area contributed by atoms with Gasteiger partial charge in [-0.25, -0.2) is 8.42 Å². The fourth-order valence-corrected chi connectivity index (χ4v) is 5.25. The second-order valence-corrected chi connectivity index (χ2v) is 9.10. The van der Waals surface area contributed by atoms with Crippen molar-refractivity contribution in [2.45, 2.75) is 18.2 Å².